The Labute approximate surface area is 216 Å². The first kappa shape index (κ1) is 24.1. The third-order valence-electron chi connectivity index (χ3n) is 6.19. The first-order valence-electron chi connectivity index (χ1n) is 12.5. The number of pyridine rings is 1. The second-order valence-corrected chi connectivity index (χ2v) is 8.72. The van der Waals surface area contributed by atoms with Gasteiger partial charge in [0.1, 0.15) is 5.69 Å². The van der Waals surface area contributed by atoms with Gasteiger partial charge < -0.3 is 14.6 Å². The van der Waals surface area contributed by atoms with Gasteiger partial charge in [-0.3, -0.25) is 0 Å². The van der Waals surface area contributed by atoms with Crippen LogP contribution >= 0.6 is 0 Å². The Bertz CT molecular complexity index is 1500. The van der Waals surface area contributed by atoms with Crippen LogP contribution in [0.1, 0.15) is 28.5 Å². The number of carbonyl (C=O) groups is 1. The Hall–Kier alpha value is -4.64. The van der Waals surface area contributed by atoms with Crippen LogP contribution in [0.25, 0.3) is 34.0 Å². The number of ether oxygens (including phenoxy) is 1. The van der Waals surface area contributed by atoms with Crippen molar-refractivity contribution >= 4 is 45.6 Å². The van der Waals surface area contributed by atoms with Gasteiger partial charge in [-0.2, -0.15) is 0 Å². The van der Waals surface area contributed by atoms with Gasteiger partial charge in [-0.25, -0.2) is 9.78 Å². The Morgan fingerprint density at radius 2 is 1.46 bits per heavy atom. The lowest BCUT2D eigenvalue weighted by atomic mass is 10.1. The molecule has 0 unspecified atom stereocenters. The number of nitrogens with zero attached hydrogens (tertiary/aromatic N) is 2. The van der Waals surface area contributed by atoms with Crippen molar-refractivity contribution in [2.45, 2.75) is 6.92 Å². The van der Waals surface area contributed by atoms with E-state index < -0.39 is 5.97 Å². The zero-order chi connectivity index (χ0) is 25.5. The van der Waals surface area contributed by atoms with E-state index in [0.29, 0.717) is 12.3 Å². The van der Waals surface area contributed by atoms with E-state index in [1.165, 1.54) is 11.1 Å². The maximum atomic E-state index is 12.3. The minimum Gasteiger partial charge on any atom is -0.461 e. The summed E-state index contributed by atoms with van der Waals surface area (Å²) in [6.45, 7) is 3.61. The van der Waals surface area contributed by atoms with Crippen LogP contribution in [-0.4, -0.2) is 35.6 Å². The van der Waals surface area contributed by atoms with Crippen molar-refractivity contribution in [3.05, 3.63) is 120 Å². The van der Waals surface area contributed by atoms with Crippen molar-refractivity contribution in [2.75, 3.05) is 24.6 Å². The van der Waals surface area contributed by atoms with Gasteiger partial charge in [0.05, 0.1) is 18.3 Å². The molecular formula is C32H29N3O2. The van der Waals surface area contributed by atoms with E-state index >= 15 is 0 Å². The van der Waals surface area contributed by atoms with E-state index in [0.717, 1.165) is 40.6 Å². The molecule has 5 aromatic rings. The number of aromatic nitrogens is 2. The summed E-state index contributed by atoms with van der Waals surface area (Å²) in [7, 11) is 0. The van der Waals surface area contributed by atoms with Crippen molar-refractivity contribution in [3.63, 3.8) is 0 Å². The second kappa shape index (κ2) is 11.4. The van der Waals surface area contributed by atoms with Crippen molar-refractivity contribution in [2.24, 2.45) is 0 Å². The number of benzene rings is 3. The zero-order valence-electron chi connectivity index (χ0n) is 20.8. The standard InChI is InChI=1S/C32H29N3O2/c1-2-37-32(36)30-22-28-27-21-26(17-18-29(27)34-31(28)23-33-30)35(19-9-15-24-11-5-3-6-12-24)20-10-16-25-13-7-4-8-14-25/h3-18,21-23,34H,2,19-20H2,1H3. The number of hydrogen-bond acceptors (Lipinski definition) is 4. The zero-order valence-corrected chi connectivity index (χ0v) is 20.8. The molecule has 3 aromatic carbocycles. The van der Waals surface area contributed by atoms with E-state index in [1.54, 1.807) is 13.1 Å². The largest absolute Gasteiger partial charge is 0.461 e. The summed E-state index contributed by atoms with van der Waals surface area (Å²) in [6.07, 6.45) is 10.4. The molecule has 0 aliphatic rings. The molecular weight excluding hydrogens is 458 g/mol. The Balaban J connectivity index is 1.47. The molecule has 2 aromatic heterocycles. The van der Waals surface area contributed by atoms with E-state index in [2.05, 4.69) is 81.6 Å². The van der Waals surface area contributed by atoms with Gasteiger partial charge in [0.25, 0.3) is 0 Å². The number of esters is 1. The fourth-order valence-corrected chi connectivity index (χ4v) is 4.35. The Morgan fingerprint density at radius 3 is 2.08 bits per heavy atom. The number of anilines is 1. The molecule has 2 heterocycles. The SMILES string of the molecule is CCOC(=O)c1cc2c(cn1)[nH]c1ccc(N(CC=Cc3ccccc3)CC=Cc3ccccc3)cc12. The van der Waals surface area contributed by atoms with E-state index in [1.807, 2.05) is 42.5 Å². The lowest BCUT2D eigenvalue weighted by Crippen LogP contribution is -2.23. The number of fused-ring (bicyclic) bond motifs is 3. The average Bonchev–Trinajstić information content (AvgIpc) is 3.31. The molecule has 184 valence electrons. The highest BCUT2D eigenvalue weighted by Gasteiger charge is 2.13. The molecule has 37 heavy (non-hydrogen) atoms. The molecule has 0 bridgehead atoms. The van der Waals surface area contributed by atoms with Crippen molar-refractivity contribution in [1.29, 1.82) is 0 Å². The van der Waals surface area contributed by atoms with Crippen LogP contribution in [0.3, 0.4) is 0 Å². The molecule has 0 amide bonds. The summed E-state index contributed by atoms with van der Waals surface area (Å²) in [4.78, 5) is 22.3. The lowest BCUT2D eigenvalue weighted by molar-refractivity contribution is 0.0519. The lowest BCUT2D eigenvalue weighted by Gasteiger charge is -2.22. The highest BCUT2D eigenvalue weighted by molar-refractivity contribution is 6.09. The molecule has 5 nitrogen and oxygen atoms in total. The van der Waals surface area contributed by atoms with Crippen molar-refractivity contribution in [3.8, 4) is 0 Å². The molecule has 0 radical (unpaired) electrons. The van der Waals surface area contributed by atoms with E-state index in [4.69, 9.17) is 4.74 Å². The minimum atomic E-state index is -0.409. The molecule has 1 N–H and O–H groups in total. The Morgan fingerprint density at radius 1 is 0.838 bits per heavy atom. The van der Waals surface area contributed by atoms with Crippen LogP contribution < -0.4 is 4.90 Å². The molecule has 0 spiro atoms. The predicted molar refractivity (Wildman–Crippen MR) is 153 cm³/mol. The van der Waals surface area contributed by atoms with Crippen molar-refractivity contribution in [1.82, 2.24) is 9.97 Å². The monoisotopic (exact) mass is 487 g/mol. The van der Waals surface area contributed by atoms with Gasteiger partial charge in [0.15, 0.2) is 0 Å². The first-order valence-corrected chi connectivity index (χ1v) is 12.5. The van der Waals surface area contributed by atoms with Crippen LogP contribution in [0, 0.1) is 0 Å². The van der Waals surface area contributed by atoms with E-state index in [-0.39, 0.29) is 0 Å². The molecule has 0 saturated carbocycles. The maximum Gasteiger partial charge on any atom is 0.356 e. The topological polar surface area (TPSA) is 58.2 Å². The van der Waals surface area contributed by atoms with Crippen LogP contribution in [-0.2, 0) is 4.74 Å². The van der Waals surface area contributed by atoms with E-state index in [9.17, 15) is 4.79 Å². The number of H-pyrrole nitrogens is 1. The third-order valence-corrected chi connectivity index (χ3v) is 6.19. The first-order chi connectivity index (χ1) is 18.2. The highest BCUT2D eigenvalue weighted by Crippen LogP contribution is 2.29. The smallest absolute Gasteiger partial charge is 0.356 e. The second-order valence-electron chi connectivity index (χ2n) is 8.72. The molecule has 0 atom stereocenters. The summed E-state index contributed by atoms with van der Waals surface area (Å²) in [5.74, 6) is -0.409. The molecule has 0 saturated heterocycles. The summed E-state index contributed by atoms with van der Waals surface area (Å²) < 4.78 is 5.15. The molecule has 0 aliphatic heterocycles. The summed E-state index contributed by atoms with van der Waals surface area (Å²) in [5, 5.41) is 2.00. The fourth-order valence-electron chi connectivity index (χ4n) is 4.35. The number of carbonyl (C=O) groups excluding carboxylic acids is 1. The van der Waals surface area contributed by atoms with Crippen LogP contribution in [0.15, 0.2) is 103 Å². The van der Waals surface area contributed by atoms with Crippen molar-refractivity contribution < 1.29 is 9.53 Å². The predicted octanol–water partition coefficient (Wildman–Crippen LogP) is 7.13. The quantitative estimate of drug-likeness (QED) is 0.225. The maximum absolute atomic E-state index is 12.3. The number of rotatable bonds is 9. The number of aromatic amines is 1. The number of hydrogen-bond donors (Lipinski definition) is 1. The summed E-state index contributed by atoms with van der Waals surface area (Å²) >= 11 is 0. The van der Waals surface area contributed by atoms with Gasteiger partial charge in [-0.05, 0) is 42.3 Å². The normalized spacial score (nSPS) is 11.6. The van der Waals surface area contributed by atoms with Gasteiger partial charge >= 0.3 is 5.97 Å². The van der Waals surface area contributed by atoms with Crippen LogP contribution in [0.4, 0.5) is 5.69 Å². The molecule has 0 fully saturated rings. The highest BCUT2D eigenvalue weighted by atomic mass is 16.5. The van der Waals surface area contributed by atoms with Gasteiger partial charge in [0.2, 0.25) is 0 Å². The van der Waals surface area contributed by atoms with Gasteiger partial charge in [0, 0.05) is 35.1 Å². The van der Waals surface area contributed by atoms with Gasteiger partial charge in [-0.1, -0.05) is 85.0 Å². The summed E-state index contributed by atoms with van der Waals surface area (Å²) in [6, 6.07) is 28.8. The third kappa shape index (κ3) is 5.78. The van der Waals surface area contributed by atoms with Crippen LogP contribution in [0.5, 0.6) is 0 Å². The fraction of sp³-hybridized carbons (Fsp3) is 0.125. The van der Waals surface area contributed by atoms with Crippen LogP contribution in [0.2, 0.25) is 0 Å². The molecule has 5 rings (SSSR count). The molecule has 5 heteroatoms. The van der Waals surface area contributed by atoms with Gasteiger partial charge in [-0.15, -0.1) is 0 Å². The minimum absolute atomic E-state index is 0.314. The average molecular weight is 488 g/mol. The Kier molecular flexibility index (Phi) is 7.42. The number of nitrogens with one attached hydrogen (secondary N) is 1. The summed E-state index contributed by atoms with van der Waals surface area (Å²) in [5.41, 5.74) is 5.65. The molecule has 0 aliphatic carbocycles.